The highest BCUT2D eigenvalue weighted by molar-refractivity contribution is 5.71. The first-order chi connectivity index (χ1) is 10.6. The number of carbonyl (C=O) groups is 1. The van der Waals surface area contributed by atoms with Crippen molar-refractivity contribution in [2.75, 3.05) is 13.2 Å². The van der Waals surface area contributed by atoms with Crippen molar-refractivity contribution < 1.29 is 9.53 Å². The number of rotatable bonds is 7. The summed E-state index contributed by atoms with van der Waals surface area (Å²) in [6, 6.07) is 8.97. The van der Waals surface area contributed by atoms with Gasteiger partial charge in [0, 0.05) is 19.1 Å². The zero-order chi connectivity index (χ0) is 15.9. The molecule has 0 amide bonds. The monoisotopic (exact) mass is 305 g/mol. The Labute approximate surface area is 132 Å². The molecule has 1 aromatic carbocycles. The Morgan fingerprint density at radius 3 is 2.86 bits per heavy atom. The quantitative estimate of drug-likeness (QED) is 0.749. The fourth-order valence-electron chi connectivity index (χ4n) is 2.91. The van der Waals surface area contributed by atoms with E-state index in [2.05, 4.69) is 41.4 Å². The van der Waals surface area contributed by atoms with E-state index in [1.807, 2.05) is 6.92 Å². The van der Waals surface area contributed by atoms with Gasteiger partial charge in [0.2, 0.25) is 0 Å². The number of hydrogen-bond donors (Lipinski definition) is 2. The first-order valence-electron chi connectivity index (χ1n) is 8.05. The fourth-order valence-corrected chi connectivity index (χ4v) is 2.91. The van der Waals surface area contributed by atoms with E-state index in [0.29, 0.717) is 19.2 Å². The molecular formula is C17H27N3O2. The molecule has 0 aliphatic carbocycles. The molecule has 0 radical (unpaired) electrons. The van der Waals surface area contributed by atoms with E-state index in [1.54, 1.807) is 0 Å². The molecule has 2 unspecified atom stereocenters. The summed E-state index contributed by atoms with van der Waals surface area (Å²) < 4.78 is 4.89. The number of benzene rings is 1. The van der Waals surface area contributed by atoms with E-state index in [-0.39, 0.29) is 18.7 Å². The van der Waals surface area contributed by atoms with Gasteiger partial charge in [-0.05, 0) is 37.8 Å². The SMILES string of the molecule is CCOC(=O)CNCc1cccc(CN2C(C)CCC2N)c1. The van der Waals surface area contributed by atoms with Crippen LogP contribution >= 0.6 is 0 Å². The highest BCUT2D eigenvalue weighted by Gasteiger charge is 2.27. The normalized spacial score (nSPS) is 22.0. The van der Waals surface area contributed by atoms with E-state index in [4.69, 9.17) is 10.5 Å². The Kier molecular flexibility index (Phi) is 6.36. The van der Waals surface area contributed by atoms with Crippen molar-refractivity contribution in [3.05, 3.63) is 35.4 Å². The molecule has 22 heavy (non-hydrogen) atoms. The van der Waals surface area contributed by atoms with E-state index in [1.165, 1.54) is 17.5 Å². The van der Waals surface area contributed by atoms with E-state index in [9.17, 15) is 4.79 Å². The molecule has 0 spiro atoms. The van der Waals surface area contributed by atoms with Gasteiger partial charge in [-0.2, -0.15) is 0 Å². The first kappa shape index (κ1) is 16.9. The van der Waals surface area contributed by atoms with Crippen LogP contribution in [0.25, 0.3) is 0 Å². The molecule has 1 saturated heterocycles. The second-order valence-electron chi connectivity index (χ2n) is 5.89. The van der Waals surface area contributed by atoms with Gasteiger partial charge < -0.3 is 15.8 Å². The van der Waals surface area contributed by atoms with Gasteiger partial charge in [-0.1, -0.05) is 24.3 Å². The third-order valence-electron chi connectivity index (χ3n) is 4.13. The molecule has 1 heterocycles. The molecule has 2 rings (SSSR count). The van der Waals surface area contributed by atoms with Crippen LogP contribution < -0.4 is 11.1 Å². The second-order valence-corrected chi connectivity index (χ2v) is 5.89. The smallest absolute Gasteiger partial charge is 0.319 e. The Morgan fingerprint density at radius 1 is 1.41 bits per heavy atom. The van der Waals surface area contributed by atoms with Crippen LogP contribution in [0.2, 0.25) is 0 Å². The highest BCUT2D eigenvalue weighted by atomic mass is 16.5. The van der Waals surface area contributed by atoms with Crippen molar-refractivity contribution in [2.24, 2.45) is 5.73 Å². The zero-order valence-electron chi connectivity index (χ0n) is 13.5. The number of nitrogens with two attached hydrogens (primary N) is 1. The van der Waals surface area contributed by atoms with Gasteiger partial charge in [0.05, 0.1) is 19.3 Å². The molecule has 1 fully saturated rings. The molecule has 1 aliphatic rings. The van der Waals surface area contributed by atoms with Crippen LogP contribution in [0.1, 0.15) is 37.8 Å². The van der Waals surface area contributed by atoms with Gasteiger partial charge in [-0.15, -0.1) is 0 Å². The van der Waals surface area contributed by atoms with Gasteiger partial charge in [-0.3, -0.25) is 9.69 Å². The molecule has 1 aliphatic heterocycles. The molecule has 5 nitrogen and oxygen atoms in total. The summed E-state index contributed by atoms with van der Waals surface area (Å²) in [6.45, 7) is 6.25. The summed E-state index contributed by atoms with van der Waals surface area (Å²) >= 11 is 0. The largest absolute Gasteiger partial charge is 0.465 e. The lowest BCUT2D eigenvalue weighted by molar-refractivity contribution is -0.142. The number of nitrogens with one attached hydrogen (secondary N) is 1. The van der Waals surface area contributed by atoms with Gasteiger partial charge in [0.1, 0.15) is 0 Å². The summed E-state index contributed by atoms with van der Waals surface area (Å²) in [5.41, 5.74) is 8.59. The summed E-state index contributed by atoms with van der Waals surface area (Å²) in [6.07, 6.45) is 2.41. The molecule has 0 aromatic heterocycles. The van der Waals surface area contributed by atoms with Gasteiger partial charge in [0.25, 0.3) is 0 Å². The summed E-state index contributed by atoms with van der Waals surface area (Å²) in [5, 5.41) is 3.11. The fraction of sp³-hybridized carbons (Fsp3) is 0.588. The predicted molar refractivity (Wildman–Crippen MR) is 87.0 cm³/mol. The number of nitrogens with zero attached hydrogens (tertiary/aromatic N) is 1. The minimum atomic E-state index is -0.212. The van der Waals surface area contributed by atoms with Crippen LogP contribution in [0.3, 0.4) is 0 Å². The first-order valence-corrected chi connectivity index (χ1v) is 8.05. The molecule has 3 N–H and O–H groups in total. The molecule has 0 bridgehead atoms. The van der Waals surface area contributed by atoms with Crippen molar-refractivity contribution in [3.63, 3.8) is 0 Å². The van der Waals surface area contributed by atoms with Crippen LogP contribution in [0.4, 0.5) is 0 Å². The van der Waals surface area contributed by atoms with Crippen LogP contribution in [-0.2, 0) is 22.6 Å². The molecular weight excluding hydrogens is 278 g/mol. The number of carbonyl (C=O) groups excluding carboxylic acids is 1. The minimum Gasteiger partial charge on any atom is -0.465 e. The van der Waals surface area contributed by atoms with Crippen LogP contribution in [-0.4, -0.2) is 36.2 Å². The number of likely N-dealkylation sites (tertiary alicyclic amines) is 1. The molecule has 122 valence electrons. The van der Waals surface area contributed by atoms with Crippen molar-refractivity contribution in [3.8, 4) is 0 Å². The Bertz CT molecular complexity index is 483. The molecule has 0 saturated carbocycles. The maximum atomic E-state index is 11.3. The summed E-state index contributed by atoms with van der Waals surface area (Å²) in [4.78, 5) is 13.6. The lowest BCUT2D eigenvalue weighted by atomic mass is 10.1. The van der Waals surface area contributed by atoms with Crippen molar-refractivity contribution in [1.29, 1.82) is 0 Å². The van der Waals surface area contributed by atoms with E-state index in [0.717, 1.165) is 13.0 Å². The minimum absolute atomic E-state index is 0.167. The lowest BCUT2D eigenvalue weighted by Gasteiger charge is -2.25. The standard InChI is InChI=1S/C17H27N3O2/c1-3-22-17(21)11-19-10-14-5-4-6-15(9-14)12-20-13(2)7-8-16(20)18/h4-6,9,13,16,19H,3,7-8,10-12,18H2,1-2H3. The maximum Gasteiger partial charge on any atom is 0.319 e. The number of hydrogen-bond acceptors (Lipinski definition) is 5. The average Bonchev–Trinajstić information content (AvgIpc) is 2.80. The van der Waals surface area contributed by atoms with E-state index < -0.39 is 0 Å². The summed E-state index contributed by atoms with van der Waals surface area (Å²) in [7, 11) is 0. The van der Waals surface area contributed by atoms with Crippen molar-refractivity contribution in [1.82, 2.24) is 10.2 Å². The van der Waals surface area contributed by atoms with Gasteiger partial charge in [0.15, 0.2) is 0 Å². The second kappa shape index (κ2) is 8.27. The van der Waals surface area contributed by atoms with Crippen molar-refractivity contribution >= 4 is 5.97 Å². The third-order valence-corrected chi connectivity index (χ3v) is 4.13. The Morgan fingerprint density at radius 2 is 2.18 bits per heavy atom. The predicted octanol–water partition coefficient (Wildman–Crippen LogP) is 1.61. The highest BCUT2D eigenvalue weighted by Crippen LogP contribution is 2.23. The average molecular weight is 305 g/mol. The number of esters is 1. The van der Waals surface area contributed by atoms with Crippen LogP contribution in [0.15, 0.2) is 24.3 Å². The molecule has 2 atom stereocenters. The van der Waals surface area contributed by atoms with Crippen molar-refractivity contribution in [2.45, 2.75) is 52.0 Å². The Hall–Kier alpha value is -1.43. The lowest BCUT2D eigenvalue weighted by Crippen LogP contribution is -2.39. The third kappa shape index (κ3) is 4.80. The topological polar surface area (TPSA) is 67.6 Å². The Balaban J connectivity index is 1.86. The number of ether oxygens (including phenoxy) is 1. The molecule has 1 aromatic rings. The van der Waals surface area contributed by atoms with Gasteiger partial charge >= 0.3 is 5.97 Å². The molecule has 5 heteroatoms. The maximum absolute atomic E-state index is 11.3. The van der Waals surface area contributed by atoms with Crippen LogP contribution in [0, 0.1) is 0 Å². The van der Waals surface area contributed by atoms with Crippen LogP contribution in [0.5, 0.6) is 0 Å². The van der Waals surface area contributed by atoms with E-state index >= 15 is 0 Å². The summed E-state index contributed by atoms with van der Waals surface area (Å²) in [5.74, 6) is -0.212. The zero-order valence-corrected chi connectivity index (χ0v) is 13.5. The van der Waals surface area contributed by atoms with Gasteiger partial charge in [-0.25, -0.2) is 0 Å².